The van der Waals surface area contributed by atoms with Gasteiger partial charge in [0.05, 0.1) is 11.7 Å². The summed E-state index contributed by atoms with van der Waals surface area (Å²) in [6, 6.07) is 7.58. The lowest BCUT2D eigenvalue weighted by Gasteiger charge is -2.08. The summed E-state index contributed by atoms with van der Waals surface area (Å²) in [7, 11) is 0. The van der Waals surface area contributed by atoms with E-state index in [-0.39, 0.29) is 11.9 Å². The molecule has 0 unspecified atom stereocenters. The fourth-order valence-electron chi connectivity index (χ4n) is 3.91. The predicted octanol–water partition coefficient (Wildman–Crippen LogP) is 3.73. The van der Waals surface area contributed by atoms with Crippen molar-refractivity contribution >= 4 is 33.7 Å². The number of fused-ring (bicyclic) bond motifs is 1. The van der Waals surface area contributed by atoms with E-state index in [1.807, 2.05) is 36.6 Å². The van der Waals surface area contributed by atoms with Crippen molar-refractivity contribution in [3.05, 3.63) is 58.6 Å². The van der Waals surface area contributed by atoms with Gasteiger partial charge >= 0.3 is 0 Å². The van der Waals surface area contributed by atoms with Gasteiger partial charge in [-0.15, -0.1) is 11.3 Å². The third kappa shape index (κ3) is 3.55. The molecule has 0 radical (unpaired) electrons. The molecule has 31 heavy (non-hydrogen) atoms. The van der Waals surface area contributed by atoms with Gasteiger partial charge in [0.1, 0.15) is 22.9 Å². The summed E-state index contributed by atoms with van der Waals surface area (Å²) in [5.41, 5.74) is 10.2. The quantitative estimate of drug-likeness (QED) is 0.452. The Morgan fingerprint density at radius 2 is 2.06 bits per heavy atom. The largest absolute Gasteiger partial charge is 0.382 e. The number of hydrogen-bond donors (Lipinski definition) is 3. The molecule has 0 saturated carbocycles. The van der Waals surface area contributed by atoms with E-state index < -0.39 is 0 Å². The number of thiazole rings is 1. The van der Waals surface area contributed by atoms with Gasteiger partial charge in [-0.2, -0.15) is 0 Å². The van der Waals surface area contributed by atoms with Gasteiger partial charge in [0.25, 0.3) is 5.91 Å². The van der Waals surface area contributed by atoms with Gasteiger partial charge in [-0.05, 0) is 45.4 Å². The minimum atomic E-state index is -0.188. The Labute approximate surface area is 183 Å². The van der Waals surface area contributed by atoms with Crippen LogP contribution in [0.2, 0.25) is 0 Å². The lowest BCUT2D eigenvalue weighted by atomic mass is 10.1. The number of hydrogen-bond acceptors (Lipinski definition) is 7. The number of rotatable bonds is 4. The Morgan fingerprint density at radius 3 is 2.74 bits per heavy atom. The highest BCUT2D eigenvalue weighted by Crippen LogP contribution is 2.32. The Morgan fingerprint density at radius 1 is 1.26 bits per heavy atom. The summed E-state index contributed by atoms with van der Waals surface area (Å²) in [5, 5.41) is 6.98. The third-order valence-electron chi connectivity index (χ3n) is 5.65. The van der Waals surface area contributed by atoms with E-state index in [0.29, 0.717) is 16.5 Å². The van der Waals surface area contributed by atoms with Crippen LogP contribution in [0, 0.1) is 13.8 Å². The monoisotopic (exact) mass is 433 g/mol. The average Bonchev–Trinajstić information content (AvgIpc) is 3.48. The van der Waals surface area contributed by atoms with Gasteiger partial charge in [-0.3, -0.25) is 14.5 Å². The van der Waals surface area contributed by atoms with Crippen molar-refractivity contribution in [2.75, 3.05) is 17.6 Å². The fourth-order valence-corrected chi connectivity index (χ4v) is 4.72. The van der Waals surface area contributed by atoms with Crippen LogP contribution in [0.1, 0.15) is 45.6 Å². The third-order valence-corrected chi connectivity index (χ3v) is 6.64. The molecule has 4 aromatic rings. The number of anilines is 2. The SMILES string of the molecule is Cc1nc(NC(=O)c2ccc(-c3nc([C@@H]4CCCN4)n4ccnc(N)c34)cc2)sc1C. The molecule has 3 aromatic heterocycles. The summed E-state index contributed by atoms with van der Waals surface area (Å²) in [4.78, 5) is 27.3. The summed E-state index contributed by atoms with van der Waals surface area (Å²) < 4.78 is 2.02. The first-order chi connectivity index (χ1) is 15.0. The highest BCUT2D eigenvalue weighted by Gasteiger charge is 2.24. The predicted molar refractivity (Wildman–Crippen MR) is 122 cm³/mol. The Kier molecular flexibility index (Phi) is 4.91. The second kappa shape index (κ2) is 7.75. The van der Waals surface area contributed by atoms with Crippen LogP contribution in [0.4, 0.5) is 10.9 Å². The zero-order chi connectivity index (χ0) is 21.5. The molecule has 0 bridgehead atoms. The van der Waals surface area contributed by atoms with Crippen LogP contribution < -0.4 is 16.4 Å². The summed E-state index contributed by atoms with van der Waals surface area (Å²) in [6.45, 7) is 4.90. The molecule has 0 spiro atoms. The average molecular weight is 434 g/mol. The van der Waals surface area contributed by atoms with Crippen molar-refractivity contribution in [2.45, 2.75) is 32.7 Å². The van der Waals surface area contributed by atoms with Crippen molar-refractivity contribution in [3.63, 3.8) is 0 Å². The van der Waals surface area contributed by atoms with E-state index in [1.54, 1.807) is 18.3 Å². The molecule has 1 fully saturated rings. The van der Waals surface area contributed by atoms with Crippen molar-refractivity contribution < 1.29 is 4.79 Å². The Balaban J connectivity index is 1.47. The number of nitrogens with zero attached hydrogens (tertiary/aromatic N) is 4. The summed E-state index contributed by atoms with van der Waals surface area (Å²) >= 11 is 1.47. The first kappa shape index (κ1) is 19.7. The highest BCUT2D eigenvalue weighted by molar-refractivity contribution is 7.15. The molecule has 8 nitrogen and oxygen atoms in total. The minimum Gasteiger partial charge on any atom is -0.382 e. The fraction of sp³-hybridized carbons (Fsp3) is 0.273. The molecule has 4 heterocycles. The molecule has 0 aliphatic carbocycles. The van der Waals surface area contributed by atoms with Gasteiger partial charge in [0.15, 0.2) is 5.13 Å². The van der Waals surface area contributed by atoms with E-state index in [2.05, 4.69) is 20.6 Å². The van der Waals surface area contributed by atoms with Crippen LogP contribution in [0.5, 0.6) is 0 Å². The number of aryl methyl sites for hydroxylation is 2. The molecule has 1 saturated heterocycles. The molecule has 1 aliphatic heterocycles. The maximum absolute atomic E-state index is 12.6. The number of benzene rings is 1. The number of amides is 1. The molecule has 9 heteroatoms. The molecule has 1 aromatic carbocycles. The smallest absolute Gasteiger partial charge is 0.257 e. The Hall–Kier alpha value is -3.30. The standard InChI is InChI=1S/C22H23N7OS/c1-12-13(2)31-22(26-12)28-21(30)15-7-5-14(6-8-15)17-18-19(23)25-10-11-29(18)20(27-17)16-4-3-9-24-16/h5-8,10-11,16,24H,3-4,9H2,1-2H3,(H2,23,25)(H,26,28,30)/t16-/m0/s1. The molecular weight excluding hydrogens is 410 g/mol. The second-order valence-corrected chi connectivity index (χ2v) is 8.89. The molecule has 5 rings (SSSR count). The van der Waals surface area contributed by atoms with E-state index >= 15 is 0 Å². The maximum atomic E-state index is 12.6. The van der Waals surface area contributed by atoms with Gasteiger partial charge in [0.2, 0.25) is 0 Å². The van der Waals surface area contributed by atoms with Crippen LogP contribution in [-0.4, -0.2) is 31.8 Å². The lowest BCUT2D eigenvalue weighted by Crippen LogP contribution is -2.16. The van der Waals surface area contributed by atoms with Gasteiger partial charge in [-0.1, -0.05) is 12.1 Å². The van der Waals surface area contributed by atoms with E-state index in [1.165, 1.54) is 11.3 Å². The molecule has 4 N–H and O–H groups in total. The normalized spacial score (nSPS) is 16.1. The van der Waals surface area contributed by atoms with Gasteiger partial charge in [-0.25, -0.2) is 15.0 Å². The number of carbonyl (C=O) groups excluding carboxylic acids is 1. The van der Waals surface area contributed by atoms with Crippen LogP contribution in [-0.2, 0) is 0 Å². The second-order valence-electron chi connectivity index (χ2n) is 7.69. The number of aromatic nitrogens is 4. The zero-order valence-corrected chi connectivity index (χ0v) is 18.2. The molecule has 1 atom stereocenters. The molecular formula is C22H23N7OS. The van der Waals surface area contributed by atoms with Gasteiger partial charge < -0.3 is 11.1 Å². The van der Waals surface area contributed by atoms with Crippen molar-refractivity contribution in [3.8, 4) is 11.3 Å². The zero-order valence-electron chi connectivity index (χ0n) is 17.3. The summed E-state index contributed by atoms with van der Waals surface area (Å²) in [6.07, 6.45) is 5.76. The number of nitrogens with one attached hydrogen (secondary N) is 2. The number of carbonyl (C=O) groups is 1. The molecule has 1 aliphatic rings. The van der Waals surface area contributed by atoms with Crippen LogP contribution in [0.15, 0.2) is 36.7 Å². The number of nitrogen functional groups attached to an aromatic ring is 1. The van der Waals surface area contributed by atoms with E-state index in [0.717, 1.165) is 52.6 Å². The van der Waals surface area contributed by atoms with Crippen LogP contribution in [0.3, 0.4) is 0 Å². The van der Waals surface area contributed by atoms with Crippen molar-refractivity contribution in [2.24, 2.45) is 0 Å². The number of nitrogens with two attached hydrogens (primary N) is 1. The Bertz CT molecular complexity index is 1250. The highest BCUT2D eigenvalue weighted by atomic mass is 32.1. The first-order valence-electron chi connectivity index (χ1n) is 10.2. The molecule has 158 valence electrons. The maximum Gasteiger partial charge on any atom is 0.257 e. The molecule has 1 amide bonds. The van der Waals surface area contributed by atoms with Crippen LogP contribution >= 0.6 is 11.3 Å². The van der Waals surface area contributed by atoms with Crippen LogP contribution in [0.25, 0.3) is 16.8 Å². The summed E-state index contributed by atoms with van der Waals surface area (Å²) in [5.74, 6) is 1.19. The number of imidazole rings is 1. The minimum absolute atomic E-state index is 0.188. The first-order valence-corrected chi connectivity index (χ1v) is 11.0. The lowest BCUT2D eigenvalue weighted by molar-refractivity contribution is 0.102. The van der Waals surface area contributed by atoms with Crippen molar-refractivity contribution in [1.29, 1.82) is 0 Å². The van der Waals surface area contributed by atoms with Gasteiger partial charge in [0, 0.05) is 28.4 Å². The topological polar surface area (TPSA) is 110 Å². The van der Waals surface area contributed by atoms with E-state index in [9.17, 15) is 4.79 Å². The van der Waals surface area contributed by atoms with E-state index in [4.69, 9.17) is 10.7 Å². The van der Waals surface area contributed by atoms with Crippen molar-refractivity contribution in [1.82, 2.24) is 24.7 Å².